The average molecular weight is 300 g/mol. The summed E-state index contributed by atoms with van der Waals surface area (Å²) in [7, 11) is 3.62. The van der Waals surface area contributed by atoms with Crippen molar-refractivity contribution in [2.45, 2.75) is 26.3 Å². The van der Waals surface area contributed by atoms with E-state index in [9.17, 15) is 4.79 Å². The molecule has 2 N–H and O–H groups in total. The quantitative estimate of drug-likeness (QED) is 0.853. The van der Waals surface area contributed by atoms with Crippen LogP contribution in [0, 0.1) is 13.8 Å². The summed E-state index contributed by atoms with van der Waals surface area (Å²) >= 11 is 0. The second kappa shape index (κ2) is 7.22. The minimum absolute atomic E-state index is 0.0279. The van der Waals surface area contributed by atoms with Gasteiger partial charge in [-0.05, 0) is 32.9 Å². The molecular weight excluding hydrogens is 276 g/mol. The Labute approximate surface area is 131 Å². The average Bonchev–Trinajstić information content (AvgIpc) is 2.85. The number of likely N-dealkylation sites (N-methyl/N-ethyl adjacent to an activating group) is 1. The summed E-state index contributed by atoms with van der Waals surface area (Å²) in [6.07, 6.45) is 4.40. The third kappa shape index (κ3) is 4.18. The fourth-order valence-electron chi connectivity index (χ4n) is 2.68. The lowest BCUT2D eigenvalue weighted by Crippen LogP contribution is -2.36. The van der Waals surface area contributed by atoms with Crippen LogP contribution in [0.5, 0.6) is 0 Å². The summed E-state index contributed by atoms with van der Waals surface area (Å²) < 4.78 is 1.70. The number of rotatable bonds is 6. The Balaban J connectivity index is 1.91. The van der Waals surface area contributed by atoms with Crippen LogP contribution in [0.4, 0.5) is 0 Å². The van der Waals surface area contributed by atoms with E-state index in [0.717, 1.165) is 12.0 Å². The molecule has 1 amide bonds. The molecule has 1 atom stereocenters. The second-order valence-electron chi connectivity index (χ2n) is 5.71. The molecule has 0 spiro atoms. The summed E-state index contributed by atoms with van der Waals surface area (Å²) in [4.78, 5) is 12.3. The van der Waals surface area contributed by atoms with Crippen molar-refractivity contribution in [3.8, 4) is 0 Å². The molecule has 1 aromatic heterocycles. The molecule has 0 radical (unpaired) electrons. The monoisotopic (exact) mass is 300 g/mol. The molecule has 1 unspecified atom stereocenters. The summed E-state index contributed by atoms with van der Waals surface area (Å²) in [6.45, 7) is 4.81. The molecule has 0 aliphatic heterocycles. The van der Waals surface area contributed by atoms with Gasteiger partial charge in [0, 0.05) is 25.4 Å². The smallest absolute Gasteiger partial charge is 0.241 e. The van der Waals surface area contributed by atoms with Crippen molar-refractivity contribution in [1.29, 1.82) is 0 Å². The highest BCUT2D eigenvalue weighted by molar-refractivity contribution is 5.83. The maximum atomic E-state index is 12.3. The van der Waals surface area contributed by atoms with Crippen LogP contribution in [-0.4, -0.2) is 29.3 Å². The lowest BCUT2D eigenvalue weighted by atomic mass is 10.0. The molecule has 0 fully saturated rings. The summed E-state index contributed by atoms with van der Waals surface area (Å²) in [5.41, 5.74) is 4.63. The lowest BCUT2D eigenvalue weighted by molar-refractivity contribution is -0.123. The number of carbonyl (C=O) groups is 1. The fraction of sp³-hybridized carbons (Fsp3) is 0.412. The number of nitrogens with zero attached hydrogens (tertiary/aromatic N) is 2. The van der Waals surface area contributed by atoms with Gasteiger partial charge < -0.3 is 10.6 Å². The van der Waals surface area contributed by atoms with Crippen molar-refractivity contribution in [1.82, 2.24) is 20.4 Å². The van der Waals surface area contributed by atoms with Gasteiger partial charge in [-0.2, -0.15) is 5.10 Å². The van der Waals surface area contributed by atoms with E-state index in [1.165, 1.54) is 16.7 Å². The number of carbonyl (C=O) groups excluding carboxylic acids is 1. The van der Waals surface area contributed by atoms with E-state index in [2.05, 4.69) is 47.8 Å². The maximum absolute atomic E-state index is 12.3. The van der Waals surface area contributed by atoms with Crippen LogP contribution in [-0.2, 0) is 18.3 Å². The van der Waals surface area contributed by atoms with Gasteiger partial charge in [0.1, 0.15) is 6.04 Å². The van der Waals surface area contributed by atoms with Gasteiger partial charge in [-0.15, -0.1) is 0 Å². The minimum Gasteiger partial charge on any atom is -0.354 e. The van der Waals surface area contributed by atoms with Crippen LogP contribution < -0.4 is 10.6 Å². The number of nitrogens with one attached hydrogen (secondary N) is 2. The number of benzene rings is 1. The number of aromatic nitrogens is 2. The Morgan fingerprint density at radius 3 is 2.50 bits per heavy atom. The van der Waals surface area contributed by atoms with E-state index in [-0.39, 0.29) is 11.9 Å². The molecule has 22 heavy (non-hydrogen) atoms. The van der Waals surface area contributed by atoms with Gasteiger partial charge in [0.15, 0.2) is 0 Å². The molecule has 5 nitrogen and oxygen atoms in total. The van der Waals surface area contributed by atoms with Gasteiger partial charge in [-0.1, -0.05) is 29.3 Å². The van der Waals surface area contributed by atoms with Crippen molar-refractivity contribution in [2.24, 2.45) is 7.05 Å². The normalized spacial score (nSPS) is 12.2. The third-order valence-electron chi connectivity index (χ3n) is 3.60. The molecular formula is C17H24N4O. The zero-order valence-corrected chi connectivity index (χ0v) is 13.7. The lowest BCUT2D eigenvalue weighted by Gasteiger charge is -2.14. The van der Waals surface area contributed by atoms with Crippen LogP contribution in [0.25, 0.3) is 0 Å². The van der Waals surface area contributed by atoms with E-state index in [0.29, 0.717) is 6.54 Å². The Kier molecular flexibility index (Phi) is 5.33. The molecule has 5 heteroatoms. The summed E-state index contributed by atoms with van der Waals surface area (Å²) in [6, 6.07) is 6.11. The number of aryl methyl sites for hydroxylation is 3. The fourth-order valence-corrected chi connectivity index (χ4v) is 2.68. The molecule has 0 saturated heterocycles. The Bertz CT molecular complexity index is 628. The Morgan fingerprint density at radius 2 is 1.95 bits per heavy atom. The molecule has 0 saturated carbocycles. The molecule has 2 aromatic rings. The van der Waals surface area contributed by atoms with Crippen molar-refractivity contribution < 1.29 is 4.79 Å². The first-order chi connectivity index (χ1) is 10.5. The molecule has 1 aromatic carbocycles. The first-order valence-corrected chi connectivity index (χ1v) is 7.50. The van der Waals surface area contributed by atoms with Gasteiger partial charge in [-0.25, -0.2) is 0 Å². The topological polar surface area (TPSA) is 59.0 Å². The number of hydrogen-bond donors (Lipinski definition) is 2. The Morgan fingerprint density at radius 1 is 1.27 bits per heavy atom. The summed E-state index contributed by atoms with van der Waals surface area (Å²) in [5, 5.41) is 10.1. The number of amides is 1. The van der Waals surface area contributed by atoms with Crippen molar-refractivity contribution in [3.63, 3.8) is 0 Å². The predicted molar refractivity (Wildman–Crippen MR) is 87.6 cm³/mol. The molecule has 0 bridgehead atoms. The van der Waals surface area contributed by atoms with E-state index in [4.69, 9.17) is 0 Å². The third-order valence-corrected chi connectivity index (χ3v) is 3.60. The Hall–Kier alpha value is -2.14. The van der Waals surface area contributed by atoms with Gasteiger partial charge in [0.25, 0.3) is 0 Å². The van der Waals surface area contributed by atoms with Crippen LogP contribution >= 0.6 is 0 Å². The minimum atomic E-state index is -0.368. The van der Waals surface area contributed by atoms with E-state index in [1.54, 1.807) is 17.9 Å². The molecule has 118 valence electrons. The van der Waals surface area contributed by atoms with Crippen LogP contribution in [0.3, 0.4) is 0 Å². The van der Waals surface area contributed by atoms with Gasteiger partial charge >= 0.3 is 0 Å². The second-order valence-corrected chi connectivity index (χ2v) is 5.71. The number of hydrogen-bond acceptors (Lipinski definition) is 3. The largest absolute Gasteiger partial charge is 0.354 e. The molecule has 0 aliphatic carbocycles. The van der Waals surface area contributed by atoms with Crippen LogP contribution in [0.15, 0.2) is 30.6 Å². The van der Waals surface area contributed by atoms with Crippen LogP contribution in [0.2, 0.25) is 0 Å². The zero-order chi connectivity index (χ0) is 16.1. The van der Waals surface area contributed by atoms with Crippen molar-refractivity contribution in [3.05, 3.63) is 52.8 Å². The van der Waals surface area contributed by atoms with Gasteiger partial charge in [0.05, 0.1) is 6.20 Å². The highest BCUT2D eigenvalue weighted by Crippen LogP contribution is 2.12. The highest BCUT2D eigenvalue weighted by atomic mass is 16.2. The molecule has 0 aliphatic rings. The first kappa shape index (κ1) is 16.2. The predicted octanol–water partition coefficient (Wildman–Crippen LogP) is 1.66. The standard InChI is InChI=1S/C17H24N4O/c1-12-7-13(2)9-14(8-12)5-6-19-17(22)16(18-3)15-10-20-21(4)11-15/h7-11,16,18H,5-6H2,1-4H3,(H,19,22). The maximum Gasteiger partial charge on any atom is 0.241 e. The molecule has 2 rings (SSSR count). The molecule has 1 heterocycles. The first-order valence-electron chi connectivity index (χ1n) is 7.50. The van der Waals surface area contributed by atoms with Gasteiger partial charge in [-0.3, -0.25) is 9.48 Å². The SMILES string of the molecule is CNC(C(=O)NCCc1cc(C)cc(C)c1)c1cnn(C)c1. The van der Waals surface area contributed by atoms with Crippen molar-refractivity contribution in [2.75, 3.05) is 13.6 Å². The highest BCUT2D eigenvalue weighted by Gasteiger charge is 2.19. The summed E-state index contributed by atoms with van der Waals surface area (Å²) in [5.74, 6) is -0.0279. The van der Waals surface area contributed by atoms with Crippen LogP contribution in [0.1, 0.15) is 28.3 Å². The van der Waals surface area contributed by atoms with E-state index in [1.807, 2.05) is 13.2 Å². The van der Waals surface area contributed by atoms with E-state index >= 15 is 0 Å². The zero-order valence-electron chi connectivity index (χ0n) is 13.7. The van der Waals surface area contributed by atoms with Gasteiger partial charge in [0.2, 0.25) is 5.91 Å². The van der Waals surface area contributed by atoms with Crippen molar-refractivity contribution >= 4 is 5.91 Å². The van der Waals surface area contributed by atoms with E-state index < -0.39 is 0 Å².